The van der Waals surface area contributed by atoms with Gasteiger partial charge in [0.2, 0.25) is 0 Å². The zero-order valence-corrected chi connectivity index (χ0v) is 47.8. The molecule has 11 nitrogen and oxygen atoms in total. The van der Waals surface area contributed by atoms with Gasteiger partial charge in [-0.25, -0.2) is 4.98 Å². The van der Waals surface area contributed by atoms with Crippen LogP contribution < -0.4 is 0 Å². The second-order valence-electron chi connectivity index (χ2n) is 23.1. The van der Waals surface area contributed by atoms with Crippen LogP contribution in [0.5, 0.6) is 0 Å². The number of hydrogen-bond acceptors (Lipinski definition) is 7. The third kappa shape index (κ3) is 6.90. The molecule has 0 saturated heterocycles. The summed E-state index contributed by atoms with van der Waals surface area (Å²) in [4.78, 5) is 25.3. The van der Waals surface area contributed by atoms with Crippen LogP contribution in [0.3, 0.4) is 0 Å². The van der Waals surface area contributed by atoms with E-state index in [1.54, 1.807) is 0 Å². The monoisotopic (exact) mass is 1150 g/mol. The summed E-state index contributed by atoms with van der Waals surface area (Å²) in [7, 11) is 0. The van der Waals surface area contributed by atoms with Crippen molar-refractivity contribution in [1.29, 1.82) is 0 Å². The summed E-state index contributed by atoms with van der Waals surface area (Å²) in [5.74, 6) is 0. The molecular formula is C79H45N9O2. The minimum atomic E-state index is 0.713. The first-order chi connectivity index (χ1) is 44.6. The molecule has 0 N–H and O–H groups in total. The molecule has 11 heterocycles. The molecule has 0 bridgehead atoms. The molecule has 0 saturated carbocycles. The van der Waals surface area contributed by atoms with Gasteiger partial charge in [0.05, 0.1) is 72.2 Å². The Kier molecular flexibility index (Phi) is 10.0. The van der Waals surface area contributed by atoms with E-state index < -0.39 is 0 Å². The van der Waals surface area contributed by atoms with Gasteiger partial charge in [0.1, 0.15) is 22.2 Å². The standard InChI is InChI=1S/C79H45N9O2/c1-2-15-51(60-20-9-10-38-80-60)50(14-1)46-27-32-65-56(42-46)75-68(25-12-39-81-75)86(65)47-28-33-66-57(43-47)76-69(26-13-40-82-76)87(66)49-29-34-71-58(44-49)77-73(89-71)36-31-61(84-77)54-19-11-24-67-74(54)55-18-5-8-23-64(55)88(67)70-37-41-83-78-59-45-48(30-35-72(59)90-79(70)78)85-62-21-6-3-16-52(62)53-17-4-7-22-63(53)85/h1-45H. The Labute approximate surface area is 510 Å². The molecule has 418 valence electrons. The number of hydrogen-bond donors (Lipinski definition) is 0. The molecule has 11 heteroatoms. The van der Waals surface area contributed by atoms with Crippen molar-refractivity contribution in [3.63, 3.8) is 0 Å². The van der Waals surface area contributed by atoms with Crippen molar-refractivity contribution >= 4 is 132 Å². The first-order valence-electron chi connectivity index (χ1n) is 30.1. The predicted octanol–water partition coefficient (Wildman–Crippen LogP) is 19.8. The Morgan fingerprint density at radius 1 is 0.267 bits per heavy atom. The Morgan fingerprint density at radius 3 is 1.51 bits per heavy atom. The van der Waals surface area contributed by atoms with Crippen molar-refractivity contribution in [2.75, 3.05) is 0 Å². The Bertz CT molecular complexity index is 6380. The maximum absolute atomic E-state index is 6.88. The van der Waals surface area contributed by atoms with Gasteiger partial charge in [-0.1, -0.05) is 103 Å². The molecule has 9 aromatic carbocycles. The molecular weight excluding hydrogens is 1110 g/mol. The largest absolute Gasteiger partial charge is 0.454 e. The molecule has 0 atom stereocenters. The van der Waals surface area contributed by atoms with Gasteiger partial charge in [0.15, 0.2) is 11.2 Å². The first kappa shape index (κ1) is 48.7. The van der Waals surface area contributed by atoms with E-state index in [1.165, 1.54) is 10.8 Å². The van der Waals surface area contributed by atoms with Gasteiger partial charge in [-0.05, 0) is 157 Å². The molecule has 0 aliphatic heterocycles. The molecule has 0 unspecified atom stereocenters. The normalized spacial score (nSPS) is 12.2. The number of fused-ring (bicyclic) bond motifs is 18. The van der Waals surface area contributed by atoms with Gasteiger partial charge in [0.25, 0.3) is 0 Å². The Morgan fingerprint density at radius 2 is 0.789 bits per heavy atom. The molecule has 0 spiro atoms. The van der Waals surface area contributed by atoms with Crippen LogP contribution in [0.1, 0.15) is 0 Å². The van der Waals surface area contributed by atoms with Crippen LogP contribution in [0.2, 0.25) is 0 Å². The van der Waals surface area contributed by atoms with Crippen LogP contribution in [0.15, 0.2) is 282 Å². The Balaban J connectivity index is 0.702. The molecule has 0 fully saturated rings. The smallest absolute Gasteiger partial charge is 0.177 e. The highest BCUT2D eigenvalue weighted by Crippen LogP contribution is 2.45. The molecule has 0 aliphatic rings. The van der Waals surface area contributed by atoms with Gasteiger partial charge < -0.3 is 27.1 Å². The lowest BCUT2D eigenvalue weighted by Crippen LogP contribution is -1.96. The molecule has 20 aromatic rings. The van der Waals surface area contributed by atoms with Gasteiger partial charge >= 0.3 is 0 Å². The fraction of sp³-hybridized carbons (Fsp3) is 0. The van der Waals surface area contributed by atoms with E-state index in [9.17, 15) is 0 Å². The average molecular weight is 1150 g/mol. The predicted molar refractivity (Wildman–Crippen MR) is 364 cm³/mol. The average Bonchev–Trinajstić information content (AvgIpc) is 3.97. The van der Waals surface area contributed by atoms with Gasteiger partial charge in [-0.3, -0.25) is 19.9 Å². The molecule has 0 amide bonds. The van der Waals surface area contributed by atoms with Crippen molar-refractivity contribution in [2.24, 2.45) is 0 Å². The lowest BCUT2D eigenvalue weighted by atomic mass is 9.96. The summed E-state index contributed by atoms with van der Waals surface area (Å²) in [5, 5.41) is 8.59. The highest BCUT2D eigenvalue weighted by atomic mass is 16.3. The fourth-order valence-electron chi connectivity index (χ4n) is 14.6. The zero-order valence-electron chi connectivity index (χ0n) is 47.8. The van der Waals surface area contributed by atoms with Crippen molar-refractivity contribution < 1.29 is 8.83 Å². The molecule has 20 rings (SSSR count). The second kappa shape index (κ2) is 18.5. The SMILES string of the molecule is c1ccc(-c2ccccc2-c2ccc3c(c2)c2ncccc2n3-c2ccc3c(c2)c2ncccc2n3-c2ccc3oc4ccc(-c5cccc6c5c5ccccc5n6-c5ccnc6c5oc5ccc(-n7c8ccccc8c8ccccc87)cc56)nc4c3c2)nc1. The summed E-state index contributed by atoms with van der Waals surface area (Å²) in [6, 6.07) is 87.6. The summed E-state index contributed by atoms with van der Waals surface area (Å²) < 4.78 is 22.8. The number of rotatable bonds is 7. The maximum Gasteiger partial charge on any atom is 0.177 e. The van der Waals surface area contributed by atoms with Gasteiger partial charge in [-0.2, -0.15) is 0 Å². The maximum atomic E-state index is 6.88. The highest BCUT2D eigenvalue weighted by Gasteiger charge is 2.25. The number of benzene rings is 9. The van der Waals surface area contributed by atoms with E-state index in [-0.39, 0.29) is 0 Å². The minimum absolute atomic E-state index is 0.713. The zero-order chi connectivity index (χ0) is 58.7. The van der Waals surface area contributed by atoms with Crippen molar-refractivity contribution in [3.05, 3.63) is 274 Å². The fourth-order valence-corrected chi connectivity index (χ4v) is 14.6. The lowest BCUT2D eigenvalue weighted by Gasteiger charge is -2.11. The van der Waals surface area contributed by atoms with E-state index in [4.69, 9.17) is 33.8 Å². The van der Waals surface area contributed by atoms with Crippen LogP contribution in [-0.4, -0.2) is 43.2 Å². The van der Waals surface area contributed by atoms with Crippen LogP contribution in [-0.2, 0) is 0 Å². The van der Waals surface area contributed by atoms with E-state index in [0.29, 0.717) is 5.58 Å². The van der Waals surface area contributed by atoms with Crippen LogP contribution >= 0.6 is 0 Å². The highest BCUT2D eigenvalue weighted by molar-refractivity contribution is 6.18. The van der Waals surface area contributed by atoms with E-state index in [1.807, 2.05) is 49.1 Å². The first-order valence-corrected chi connectivity index (χ1v) is 30.1. The van der Waals surface area contributed by atoms with Gasteiger partial charge in [0, 0.05) is 96.1 Å². The summed E-state index contributed by atoms with van der Waals surface area (Å²) in [6.07, 6.45) is 7.50. The minimum Gasteiger partial charge on any atom is -0.454 e. The van der Waals surface area contributed by atoms with Crippen molar-refractivity contribution in [1.82, 2.24) is 43.2 Å². The molecule has 0 aliphatic carbocycles. The summed E-state index contributed by atoms with van der Waals surface area (Å²) in [6.45, 7) is 0. The molecule has 0 radical (unpaired) electrons. The quantitative estimate of drug-likeness (QED) is 0.156. The third-order valence-corrected chi connectivity index (χ3v) is 18.4. The molecule has 90 heavy (non-hydrogen) atoms. The topological polar surface area (TPSA) is 110 Å². The molecule has 11 aromatic heterocycles. The third-order valence-electron chi connectivity index (χ3n) is 18.4. The Hall–Kier alpha value is -12.5. The van der Waals surface area contributed by atoms with Crippen LogP contribution in [0, 0.1) is 0 Å². The second-order valence-corrected chi connectivity index (χ2v) is 23.1. The van der Waals surface area contributed by atoms with Crippen molar-refractivity contribution in [2.45, 2.75) is 0 Å². The number of furan rings is 2. The van der Waals surface area contributed by atoms with Crippen LogP contribution in [0.4, 0.5) is 0 Å². The lowest BCUT2D eigenvalue weighted by molar-refractivity contribution is 0.665. The summed E-state index contributed by atoms with van der Waals surface area (Å²) in [5.41, 5.74) is 24.9. The summed E-state index contributed by atoms with van der Waals surface area (Å²) >= 11 is 0. The van der Waals surface area contributed by atoms with Gasteiger partial charge in [-0.15, -0.1) is 0 Å². The van der Waals surface area contributed by atoms with Crippen LogP contribution in [0.25, 0.3) is 188 Å². The number of nitrogens with zero attached hydrogens (tertiary/aromatic N) is 9. The van der Waals surface area contributed by atoms with E-state index >= 15 is 0 Å². The van der Waals surface area contributed by atoms with Crippen molar-refractivity contribution in [3.8, 4) is 56.4 Å². The number of para-hydroxylation sites is 3. The van der Waals surface area contributed by atoms with E-state index in [2.05, 4.69) is 243 Å². The van der Waals surface area contributed by atoms with E-state index in [0.717, 1.165) is 172 Å². The number of pyridine rings is 5. The number of aromatic nitrogens is 9.